The first-order chi connectivity index (χ1) is 17.0. The van der Waals surface area contributed by atoms with Gasteiger partial charge in [0, 0.05) is 26.2 Å². The standard InChI is InChI=1S/C27H27F2N3O3/c28-22-10-6-20(7-11-22)27(21-8-12-23(29)13-9-21)32-16-14-31(15-17-32)26(34)18-30-25(33)19-35-24-4-2-1-3-5-24/h1-13,27H,14-19H2,(H,30,33). The summed E-state index contributed by atoms with van der Waals surface area (Å²) >= 11 is 0. The lowest BCUT2D eigenvalue weighted by molar-refractivity contribution is -0.134. The largest absolute Gasteiger partial charge is 0.484 e. The molecule has 8 heteroatoms. The average Bonchev–Trinajstić information content (AvgIpc) is 2.89. The summed E-state index contributed by atoms with van der Waals surface area (Å²) in [6.07, 6.45) is 0. The van der Waals surface area contributed by atoms with Gasteiger partial charge in [0.25, 0.3) is 5.91 Å². The molecule has 35 heavy (non-hydrogen) atoms. The van der Waals surface area contributed by atoms with Crippen LogP contribution in [0.3, 0.4) is 0 Å². The van der Waals surface area contributed by atoms with Crippen molar-refractivity contribution in [3.8, 4) is 5.75 Å². The number of piperazine rings is 1. The predicted molar refractivity (Wildman–Crippen MR) is 128 cm³/mol. The molecule has 0 radical (unpaired) electrons. The Kier molecular flexibility index (Phi) is 8.05. The lowest BCUT2D eigenvalue weighted by Crippen LogP contribution is -2.52. The van der Waals surface area contributed by atoms with Gasteiger partial charge in [-0.1, -0.05) is 42.5 Å². The van der Waals surface area contributed by atoms with E-state index in [0.717, 1.165) is 11.1 Å². The molecule has 1 N–H and O–H groups in total. The van der Waals surface area contributed by atoms with Crippen molar-refractivity contribution in [2.75, 3.05) is 39.3 Å². The molecule has 2 amide bonds. The van der Waals surface area contributed by atoms with Crippen molar-refractivity contribution < 1.29 is 23.1 Å². The number of carbonyl (C=O) groups is 2. The van der Waals surface area contributed by atoms with E-state index in [-0.39, 0.29) is 42.6 Å². The zero-order valence-electron chi connectivity index (χ0n) is 19.2. The van der Waals surface area contributed by atoms with Crippen molar-refractivity contribution in [3.05, 3.63) is 102 Å². The molecule has 4 rings (SSSR count). The molecule has 6 nitrogen and oxygen atoms in total. The van der Waals surface area contributed by atoms with Crippen LogP contribution < -0.4 is 10.1 Å². The molecule has 3 aromatic rings. The van der Waals surface area contributed by atoms with Gasteiger partial charge in [0.2, 0.25) is 5.91 Å². The van der Waals surface area contributed by atoms with Crippen molar-refractivity contribution in [2.24, 2.45) is 0 Å². The van der Waals surface area contributed by atoms with Gasteiger partial charge in [-0.15, -0.1) is 0 Å². The summed E-state index contributed by atoms with van der Waals surface area (Å²) in [5.74, 6) is -0.593. The van der Waals surface area contributed by atoms with E-state index >= 15 is 0 Å². The van der Waals surface area contributed by atoms with Crippen LogP contribution in [-0.2, 0) is 9.59 Å². The number of hydrogen-bond acceptors (Lipinski definition) is 4. The molecule has 1 aliphatic rings. The number of hydrogen-bond donors (Lipinski definition) is 1. The molecule has 1 heterocycles. The Bertz CT molecular complexity index is 1070. The highest BCUT2D eigenvalue weighted by atomic mass is 19.1. The highest BCUT2D eigenvalue weighted by Gasteiger charge is 2.28. The maximum absolute atomic E-state index is 13.5. The van der Waals surface area contributed by atoms with Crippen LogP contribution in [0.15, 0.2) is 78.9 Å². The highest BCUT2D eigenvalue weighted by molar-refractivity contribution is 5.85. The quantitative estimate of drug-likeness (QED) is 0.538. The monoisotopic (exact) mass is 479 g/mol. The Balaban J connectivity index is 1.31. The number of nitrogens with zero attached hydrogens (tertiary/aromatic N) is 2. The van der Waals surface area contributed by atoms with E-state index in [2.05, 4.69) is 10.2 Å². The lowest BCUT2D eigenvalue weighted by Gasteiger charge is -2.39. The number of nitrogens with one attached hydrogen (secondary N) is 1. The van der Waals surface area contributed by atoms with E-state index in [1.807, 2.05) is 18.2 Å². The van der Waals surface area contributed by atoms with Crippen molar-refractivity contribution >= 4 is 11.8 Å². The molecule has 1 aliphatic heterocycles. The normalized spacial score (nSPS) is 14.1. The Morgan fingerprint density at radius 1 is 0.800 bits per heavy atom. The fourth-order valence-electron chi connectivity index (χ4n) is 4.14. The van der Waals surface area contributed by atoms with Gasteiger partial charge in [-0.3, -0.25) is 14.5 Å². The first-order valence-electron chi connectivity index (χ1n) is 11.5. The third kappa shape index (κ3) is 6.64. The Morgan fingerprint density at radius 2 is 1.34 bits per heavy atom. The summed E-state index contributed by atoms with van der Waals surface area (Å²) in [5, 5.41) is 2.61. The summed E-state index contributed by atoms with van der Waals surface area (Å²) in [6.45, 7) is 1.85. The number of para-hydroxylation sites is 1. The molecule has 0 saturated carbocycles. The Morgan fingerprint density at radius 3 is 1.89 bits per heavy atom. The van der Waals surface area contributed by atoms with E-state index in [1.165, 1.54) is 24.3 Å². The molecular weight excluding hydrogens is 452 g/mol. The van der Waals surface area contributed by atoms with Gasteiger partial charge in [0.05, 0.1) is 12.6 Å². The summed E-state index contributed by atoms with van der Waals surface area (Å²) in [7, 11) is 0. The maximum atomic E-state index is 13.5. The molecule has 0 aliphatic carbocycles. The molecule has 1 saturated heterocycles. The number of amides is 2. The topological polar surface area (TPSA) is 61.9 Å². The van der Waals surface area contributed by atoms with E-state index in [4.69, 9.17) is 4.74 Å². The van der Waals surface area contributed by atoms with Crippen LogP contribution in [0, 0.1) is 11.6 Å². The van der Waals surface area contributed by atoms with Crippen molar-refractivity contribution in [1.82, 2.24) is 15.1 Å². The number of ether oxygens (including phenoxy) is 1. The van der Waals surface area contributed by atoms with Gasteiger partial charge in [-0.05, 0) is 47.5 Å². The number of halogens is 2. The molecule has 0 spiro atoms. The second-order valence-electron chi connectivity index (χ2n) is 8.30. The van der Waals surface area contributed by atoms with Crippen LogP contribution in [0.5, 0.6) is 5.75 Å². The first kappa shape index (κ1) is 24.3. The van der Waals surface area contributed by atoms with Gasteiger partial charge < -0.3 is 15.0 Å². The van der Waals surface area contributed by atoms with Gasteiger partial charge in [-0.25, -0.2) is 8.78 Å². The maximum Gasteiger partial charge on any atom is 0.258 e. The van der Waals surface area contributed by atoms with Gasteiger partial charge >= 0.3 is 0 Å². The van der Waals surface area contributed by atoms with Crippen LogP contribution in [0.25, 0.3) is 0 Å². The van der Waals surface area contributed by atoms with Crippen molar-refractivity contribution in [2.45, 2.75) is 6.04 Å². The second kappa shape index (κ2) is 11.6. The molecule has 0 atom stereocenters. The Hall–Kier alpha value is -3.78. The molecule has 182 valence electrons. The van der Waals surface area contributed by atoms with Crippen molar-refractivity contribution in [1.29, 1.82) is 0 Å². The summed E-state index contributed by atoms with van der Waals surface area (Å²) < 4.78 is 32.4. The molecule has 0 bridgehead atoms. The van der Waals surface area contributed by atoms with Gasteiger partial charge in [0.15, 0.2) is 6.61 Å². The van der Waals surface area contributed by atoms with Crippen LogP contribution in [0.1, 0.15) is 17.2 Å². The first-order valence-corrected chi connectivity index (χ1v) is 11.5. The van der Waals surface area contributed by atoms with Gasteiger partial charge in [-0.2, -0.15) is 0 Å². The van der Waals surface area contributed by atoms with Gasteiger partial charge in [0.1, 0.15) is 17.4 Å². The Labute approximate surface area is 203 Å². The molecule has 3 aromatic carbocycles. The van der Waals surface area contributed by atoms with Crippen LogP contribution in [-0.4, -0.2) is 60.9 Å². The number of carbonyl (C=O) groups excluding carboxylic acids is 2. The molecular formula is C27H27F2N3O3. The summed E-state index contributed by atoms with van der Waals surface area (Å²) in [5.41, 5.74) is 1.78. The SMILES string of the molecule is O=C(COc1ccccc1)NCC(=O)N1CCN(C(c2ccc(F)cc2)c2ccc(F)cc2)CC1. The molecule has 0 aromatic heterocycles. The van der Waals surface area contributed by atoms with E-state index in [0.29, 0.717) is 31.9 Å². The lowest BCUT2D eigenvalue weighted by atomic mass is 9.96. The minimum absolute atomic E-state index is 0.101. The third-order valence-electron chi connectivity index (χ3n) is 5.95. The van der Waals surface area contributed by atoms with E-state index < -0.39 is 0 Å². The third-order valence-corrected chi connectivity index (χ3v) is 5.95. The zero-order valence-corrected chi connectivity index (χ0v) is 19.2. The predicted octanol–water partition coefficient (Wildman–Crippen LogP) is 3.39. The highest BCUT2D eigenvalue weighted by Crippen LogP contribution is 2.30. The zero-order chi connectivity index (χ0) is 24.6. The molecule has 0 unspecified atom stereocenters. The summed E-state index contributed by atoms with van der Waals surface area (Å²) in [6, 6.07) is 21.4. The van der Waals surface area contributed by atoms with E-state index in [1.54, 1.807) is 41.3 Å². The average molecular weight is 480 g/mol. The summed E-state index contributed by atoms with van der Waals surface area (Å²) in [4.78, 5) is 28.6. The van der Waals surface area contributed by atoms with Crippen molar-refractivity contribution in [3.63, 3.8) is 0 Å². The second-order valence-corrected chi connectivity index (χ2v) is 8.30. The van der Waals surface area contributed by atoms with E-state index in [9.17, 15) is 18.4 Å². The number of rotatable bonds is 8. The number of benzene rings is 3. The van der Waals surface area contributed by atoms with Crippen LogP contribution in [0.2, 0.25) is 0 Å². The smallest absolute Gasteiger partial charge is 0.258 e. The minimum atomic E-state index is -0.367. The van der Waals surface area contributed by atoms with Crippen LogP contribution >= 0.6 is 0 Å². The minimum Gasteiger partial charge on any atom is -0.484 e. The fraction of sp³-hybridized carbons (Fsp3) is 0.259. The molecule has 1 fully saturated rings. The van der Waals surface area contributed by atoms with Crippen LogP contribution in [0.4, 0.5) is 8.78 Å². The fourth-order valence-corrected chi connectivity index (χ4v) is 4.14.